The van der Waals surface area contributed by atoms with Crippen molar-refractivity contribution in [1.29, 1.82) is 0 Å². The van der Waals surface area contributed by atoms with Crippen LogP contribution in [-0.2, 0) is 0 Å². The van der Waals surface area contributed by atoms with Crippen LogP contribution < -0.4 is 0 Å². The molecule has 0 aromatic rings. The molecule has 0 aromatic heterocycles. The molecule has 0 bridgehead atoms. The predicted octanol–water partition coefficient (Wildman–Crippen LogP) is 6.58. The molecule has 6 atom stereocenters. The van der Waals surface area contributed by atoms with Crippen LogP contribution in [0.1, 0.15) is 112 Å². The van der Waals surface area contributed by atoms with E-state index in [0.717, 1.165) is 18.8 Å². The van der Waals surface area contributed by atoms with Crippen LogP contribution in [0.4, 0.5) is 0 Å². The van der Waals surface area contributed by atoms with Gasteiger partial charge in [0, 0.05) is 5.41 Å². The summed E-state index contributed by atoms with van der Waals surface area (Å²) >= 11 is 0. The molecule has 4 fully saturated rings. The van der Waals surface area contributed by atoms with Crippen molar-refractivity contribution in [2.75, 3.05) is 0 Å². The van der Waals surface area contributed by atoms with Gasteiger partial charge in [-0.1, -0.05) is 67.2 Å². The Balaban J connectivity index is 0.000000178. The van der Waals surface area contributed by atoms with Crippen molar-refractivity contribution < 1.29 is 10.2 Å². The van der Waals surface area contributed by atoms with Crippen molar-refractivity contribution in [3.63, 3.8) is 0 Å². The predicted molar refractivity (Wildman–Crippen MR) is 118 cm³/mol. The Morgan fingerprint density at radius 3 is 1.96 bits per heavy atom. The van der Waals surface area contributed by atoms with Gasteiger partial charge in [0.15, 0.2) is 0 Å². The van der Waals surface area contributed by atoms with Gasteiger partial charge in [0.25, 0.3) is 0 Å². The average molecular weight is 393 g/mol. The lowest BCUT2D eigenvalue weighted by molar-refractivity contribution is -0.359. The highest BCUT2D eigenvalue weighted by molar-refractivity contribution is 5.27. The molecule has 28 heavy (non-hydrogen) atoms. The molecule has 4 saturated carbocycles. The Bertz CT molecular complexity index is 523. The summed E-state index contributed by atoms with van der Waals surface area (Å²) in [5, 5.41) is 21.0. The van der Waals surface area contributed by atoms with Gasteiger partial charge in [0.05, 0.1) is 11.7 Å². The Hall–Kier alpha value is -0.0800. The molecular weight excluding hydrogens is 344 g/mol. The summed E-state index contributed by atoms with van der Waals surface area (Å²) in [5.74, 6) is 3.19. The molecule has 0 aliphatic heterocycles. The Kier molecular flexibility index (Phi) is 6.63. The Labute approximate surface area is 174 Å². The fourth-order valence-electron chi connectivity index (χ4n) is 8.18. The third kappa shape index (κ3) is 3.49. The van der Waals surface area contributed by atoms with Crippen molar-refractivity contribution in [3.05, 3.63) is 0 Å². The zero-order valence-electron chi connectivity index (χ0n) is 19.6. The number of aliphatic hydroxyl groups is 2. The van der Waals surface area contributed by atoms with E-state index in [0.29, 0.717) is 29.1 Å². The summed E-state index contributed by atoms with van der Waals surface area (Å²) in [6.07, 6.45) is 13.9. The number of hydrogen-bond donors (Lipinski definition) is 2. The first-order valence-corrected chi connectivity index (χ1v) is 12.5. The van der Waals surface area contributed by atoms with Crippen molar-refractivity contribution in [1.82, 2.24) is 0 Å². The van der Waals surface area contributed by atoms with Crippen LogP contribution in [0.3, 0.4) is 0 Å². The van der Waals surface area contributed by atoms with Gasteiger partial charge in [0.2, 0.25) is 0 Å². The zero-order chi connectivity index (χ0) is 20.7. The minimum absolute atomic E-state index is 0.0289. The van der Waals surface area contributed by atoms with E-state index in [-0.39, 0.29) is 17.1 Å². The first kappa shape index (κ1) is 22.6. The Morgan fingerprint density at radius 2 is 1.54 bits per heavy atom. The molecule has 164 valence electrons. The van der Waals surface area contributed by atoms with Crippen LogP contribution in [0.15, 0.2) is 0 Å². The lowest BCUT2D eigenvalue weighted by Crippen LogP contribution is -2.79. The quantitative estimate of drug-likeness (QED) is 0.569. The molecule has 4 aliphatic carbocycles. The SMILES string of the molecule is CC(C)C12CCC1(C)CC2(O)C1CCCCC1.CC1CCC(C(C)C)C(O)C1. The summed E-state index contributed by atoms with van der Waals surface area (Å²) in [7, 11) is 0. The summed E-state index contributed by atoms with van der Waals surface area (Å²) in [6, 6.07) is 0. The summed E-state index contributed by atoms with van der Waals surface area (Å²) in [5.41, 5.74) is 0.421. The molecule has 0 aromatic carbocycles. The van der Waals surface area contributed by atoms with Gasteiger partial charge in [-0.15, -0.1) is 0 Å². The van der Waals surface area contributed by atoms with Gasteiger partial charge in [-0.05, 0) is 80.0 Å². The van der Waals surface area contributed by atoms with Gasteiger partial charge in [0.1, 0.15) is 0 Å². The van der Waals surface area contributed by atoms with E-state index < -0.39 is 0 Å². The number of rotatable bonds is 3. The molecule has 4 rings (SSSR count). The van der Waals surface area contributed by atoms with E-state index >= 15 is 0 Å². The van der Waals surface area contributed by atoms with Crippen LogP contribution >= 0.6 is 0 Å². The molecule has 0 amide bonds. The molecule has 0 heterocycles. The second-order valence-electron chi connectivity index (χ2n) is 12.0. The maximum absolute atomic E-state index is 11.3. The first-order chi connectivity index (χ1) is 13.1. The third-order valence-corrected chi connectivity index (χ3v) is 9.83. The minimum atomic E-state index is -0.311. The normalized spacial score (nSPS) is 46.3. The highest BCUT2D eigenvalue weighted by Crippen LogP contribution is 2.79. The van der Waals surface area contributed by atoms with Crippen LogP contribution in [0, 0.1) is 40.4 Å². The molecule has 6 unspecified atom stereocenters. The van der Waals surface area contributed by atoms with Gasteiger partial charge in [-0.3, -0.25) is 0 Å². The minimum Gasteiger partial charge on any atom is -0.393 e. The zero-order valence-corrected chi connectivity index (χ0v) is 19.6. The largest absolute Gasteiger partial charge is 0.393 e. The van der Waals surface area contributed by atoms with Crippen LogP contribution in [-0.4, -0.2) is 21.9 Å². The molecule has 2 N–H and O–H groups in total. The fraction of sp³-hybridized carbons (Fsp3) is 1.00. The maximum atomic E-state index is 11.3. The van der Waals surface area contributed by atoms with Crippen LogP contribution in [0.25, 0.3) is 0 Å². The molecular formula is C26H48O2. The molecule has 2 heteroatoms. The van der Waals surface area contributed by atoms with Crippen molar-refractivity contribution >= 4 is 0 Å². The highest BCUT2D eigenvalue weighted by atomic mass is 16.3. The van der Waals surface area contributed by atoms with E-state index in [1.165, 1.54) is 57.8 Å². The van der Waals surface area contributed by atoms with Gasteiger partial charge in [-0.2, -0.15) is 0 Å². The van der Waals surface area contributed by atoms with Crippen LogP contribution in [0.5, 0.6) is 0 Å². The number of hydrogen-bond acceptors (Lipinski definition) is 2. The molecule has 4 aliphatic rings. The topological polar surface area (TPSA) is 40.5 Å². The summed E-state index contributed by atoms with van der Waals surface area (Å²) in [6.45, 7) is 13.8. The smallest absolute Gasteiger partial charge is 0.0744 e. The van der Waals surface area contributed by atoms with Crippen molar-refractivity contribution in [2.45, 2.75) is 124 Å². The molecule has 2 nitrogen and oxygen atoms in total. The molecule has 0 spiro atoms. The summed E-state index contributed by atoms with van der Waals surface area (Å²) in [4.78, 5) is 0. The number of aliphatic hydroxyl groups excluding tert-OH is 1. The molecule has 0 saturated heterocycles. The third-order valence-electron chi connectivity index (χ3n) is 9.83. The fourth-order valence-corrected chi connectivity index (χ4v) is 8.18. The second kappa shape index (κ2) is 8.22. The maximum Gasteiger partial charge on any atom is 0.0744 e. The monoisotopic (exact) mass is 392 g/mol. The molecule has 0 radical (unpaired) electrons. The second-order valence-corrected chi connectivity index (χ2v) is 12.0. The standard InChI is InChI=1S/C16H28O.C10H20O/c1-12(2)15-10-9-14(15,3)11-16(15,17)13-7-5-4-6-8-13;1-7(2)9-5-4-8(3)6-10(9)11/h12-13,17H,4-11H2,1-3H3;7-11H,4-6H2,1-3H3. The average Bonchev–Trinajstić information content (AvgIpc) is 2.61. The van der Waals surface area contributed by atoms with Crippen molar-refractivity contribution in [3.8, 4) is 0 Å². The van der Waals surface area contributed by atoms with E-state index in [1.54, 1.807) is 0 Å². The van der Waals surface area contributed by atoms with E-state index in [4.69, 9.17) is 0 Å². The summed E-state index contributed by atoms with van der Waals surface area (Å²) < 4.78 is 0. The van der Waals surface area contributed by atoms with Crippen molar-refractivity contribution in [2.24, 2.45) is 40.4 Å². The van der Waals surface area contributed by atoms with E-state index in [2.05, 4.69) is 41.5 Å². The van der Waals surface area contributed by atoms with Crippen LogP contribution in [0.2, 0.25) is 0 Å². The van der Waals surface area contributed by atoms with E-state index in [9.17, 15) is 10.2 Å². The highest BCUT2D eigenvalue weighted by Gasteiger charge is 2.78. The van der Waals surface area contributed by atoms with Gasteiger partial charge in [-0.25, -0.2) is 0 Å². The Morgan fingerprint density at radius 1 is 0.893 bits per heavy atom. The van der Waals surface area contributed by atoms with E-state index in [1.807, 2.05) is 0 Å². The number of fused-ring (bicyclic) bond motifs is 1. The lowest BCUT2D eigenvalue weighted by Gasteiger charge is -2.79. The van der Waals surface area contributed by atoms with Gasteiger partial charge >= 0.3 is 0 Å². The van der Waals surface area contributed by atoms with Gasteiger partial charge < -0.3 is 10.2 Å². The first-order valence-electron chi connectivity index (χ1n) is 12.5. The lowest BCUT2D eigenvalue weighted by atomic mass is 9.27.